The highest BCUT2D eigenvalue weighted by molar-refractivity contribution is 5.86. The van der Waals surface area contributed by atoms with Crippen molar-refractivity contribution in [3.05, 3.63) is 0 Å². The van der Waals surface area contributed by atoms with E-state index in [4.69, 9.17) is 10.5 Å². The average molecular weight is 345 g/mol. The van der Waals surface area contributed by atoms with Crippen molar-refractivity contribution >= 4 is 17.8 Å². The summed E-state index contributed by atoms with van der Waals surface area (Å²) in [6, 6.07) is -0.739. The number of amides is 2. The van der Waals surface area contributed by atoms with Crippen molar-refractivity contribution in [1.82, 2.24) is 10.6 Å². The topological polar surface area (TPSA) is 151 Å². The molecule has 1 aliphatic heterocycles. The molecule has 0 aromatic rings. The number of carbonyl (C=O) groups excluding carboxylic acids is 2. The molecule has 4 atom stereocenters. The van der Waals surface area contributed by atoms with Crippen LogP contribution < -0.4 is 16.4 Å². The van der Waals surface area contributed by atoms with Gasteiger partial charge in [-0.1, -0.05) is 6.42 Å². The Balaban J connectivity index is 2.74. The van der Waals surface area contributed by atoms with Gasteiger partial charge in [-0.25, -0.2) is 4.79 Å². The number of carbonyl (C=O) groups is 3. The lowest BCUT2D eigenvalue weighted by Crippen LogP contribution is -2.68. The van der Waals surface area contributed by atoms with Gasteiger partial charge in [-0.15, -0.1) is 0 Å². The maximum atomic E-state index is 12.0. The van der Waals surface area contributed by atoms with Gasteiger partial charge in [-0.05, 0) is 26.3 Å². The van der Waals surface area contributed by atoms with Crippen molar-refractivity contribution in [2.45, 2.75) is 69.9 Å². The summed E-state index contributed by atoms with van der Waals surface area (Å²) in [5.74, 6) is -2.21. The van der Waals surface area contributed by atoms with Gasteiger partial charge in [0.05, 0.1) is 18.2 Å². The Hall–Kier alpha value is -1.71. The highest BCUT2D eigenvalue weighted by Crippen LogP contribution is 2.28. The molecule has 1 rings (SSSR count). The monoisotopic (exact) mass is 345 g/mol. The third-order valence-electron chi connectivity index (χ3n) is 3.97. The Bertz CT molecular complexity index is 458. The molecule has 6 N–H and O–H groups in total. The van der Waals surface area contributed by atoms with Gasteiger partial charge < -0.3 is 31.3 Å². The largest absolute Gasteiger partial charge is 0.478 e. The molecule has 1 heterocycles. The van der Waals surface area contributed by atoms with Crippen LogP contribution in [0.2, 0.25) is 0 Å². The number of ether oxygens (including phenoxy) is 1. The van der Waals surface area contributed by atoms with Gasteiger partial charge in [-0.2, -0.15) is 0 Å². The molecule has 138 valence electrons. The van der Waals surface area contributed by atoms with Crippen LogP contribution in [0.1, 0.15) is 46.0 Å². The van der Waals surface area contributed by atoms with E-state index in [0.717, 1.165) is 12.8 Å². The quantitative estimate of drug-likeness (QED) is 0.357. The molecule has 1 saturated heterocycles. The number of nitrogens with two attached hydrogens (primary N) is 1. The molecule has 0 aromatic heterocycles. The number of aliphatic hydroxyl groups is 1. The van der Waals surface area contributed by atoms with E-state index >= 15 is 0 Å². The average Bonchev–Trinajstić information content (AvgIpc) is 2.47. The molecule has 0 radical (unpaired) electrons. The van der Waals surface area contributed by atoms with Crippen LogP contribution in [0.5, 0.6) is 0 Å². The molecule has 0 spiro atoms. The molecule has 0 aromatic carbocycles. The van der Waals surface area contributed by atoms with Crippen LogP contribution in [-0.2, 0) is 19.1 Å². The Morgan fingerprint density at radius 1 is 1.29 bits per heavy atom. The van der Waals surface area contributed by atoms with E-state index in [2.05, 4.69) is 10.6 Å². The Morgan fingerprint density at radius 2 is 1.96 bits per heavy atom. The summed E-state index contributed by atoms with van der Waals surface area (Å²) in [6.07, 6.45) is 0.00370. The number of aliphatic carboxylic acids is 1. The third-order valence-corrected chi connectivity index (χ3v) is 3.97. The zero-order chi connectivity index (χ0) is 18.3. The van der Waals surface area contributed by atoms with Crippen LogP contribution in [0, 0.1) is 0 Å². The van der Waals surface area contributed by atoms with Crippen molar-refractivity contribution in [2.75, 3.05) is 6.54 Å². The second-order valence-electron chi connectivity index (χ2n) is 6.10. The number of carboxylic acid groups (broad SMARTS) is 1. The molecule has 0 bridgehead atoms. The molecule has 0 aliphatic carbocycles. The second-order valence-corrected chi connectivity index (χ2v) is 6.10. The van der Waals surface area contributed by atoms with Gasteiger partial charge in [0.1, 0.15) is 0 Å². The van der Waals surface area contributed by atoms with Gasteiger partial charge in [-0.3, -0.25) is 9.59 Å². The molecule has 1 aliphatic rings. The summed E-state index contributed by atoms with van der Waals surface area (Å²) in [4.78, 5) is 34.8. The first kappa shape index (κ1) is 20.3. The second kappa shape index (κ2) is 8.95. The number of hydrogen-bond acceptors (Lipinski definition) is 6. The molecule has 0 saturated carbocycles. The van der Waals surface area contributed by atoms with E-state index < -0.39 is 35.9 Å². The van der Waals surface area contributed by atoms with Crippen molar-refractivity contribution in [1.29, 1.82) is 0 Å². The fourth-order valence-electron chi connectivity index (χ4n) is 2.79. The van der Waals surface area contributed by atoms with Gasteiger partial charge in [0.25, 0.3) is 0 Å². The normalized spacial score (nSPS) is 29.8. The predicted molar refractivity (Wildman–Crippen MR) is 84.8 cm³/mol. The summed E-state index contributed by atoms with van der Waals surface area (Å²) < 4.78 is 5.49. The van der Waals surface area contributed by atoms with Gasteiger partial charge in [0.2, 0.25) is 17.5 Å². The number of aliphatic hydroxyl groups excluding tert-OH is 1. The molecule has 2 amide bonds. The molecular formula is C15H27N3O6. The van der Waals surface area contributed by atoms with Crippen LogP contribution in [0.3, 0.4) is 0 Å². The molecular weight excluding hydrogens is 318 g/mol. The lowest BCUT2D eigenvalue weighted by atomic mass is 9.91. The summed E-state index contributed by atoms with van der Waals surface area (Å²) in [7, 11) is 0. The van der Waals surface area contributed by atoms with E-state index in [1.807, 2.05) is 0 Å². The highest BCUT2D eigenvalue weighted by atomic mass is 16.6. The zero-order valence-corrected chi connectivity index (χ0v) is 14.1. The smallest absolute Gasteiger partial charge is 0.357 e. The van der Waals surface area contributed by atoms with E-state index in [1.165, 1.54) is 13.8 Å². The first-order valence-electron chi connectivity index (χ1n) is 8.09. The first-order chi connectivity index (χ1) is 11.2. The van der Waals surface area contributed by atoms with Crippen molar-refractivity contribution in [3.8, 4) is 0 Å². The van der Waals surface area contributed by atoms with Crippen molar-refractivity contribution in [3.63, 3.8) is 0 Å². The Labute approximate surface area is 140 Å². The SMILES string of the molecule is CC(=O)N[C@H]1[C@H](C)O[C@@](NC(=O)CCCCCN)(C(=O)O)C[C@@H]1O. The fraction of sp³-hybridized carbons (Fsp3) is 0.800. The maximum absolute atomic E-state index is 12.0. The molecule has 9 nitrogen and oxygen atoms in total. The summed E-state index contributed by atoms with van der Waals surface area (Å²) >= 11 is 0. The fourth-order valence-corrected chi connectivity index (χ4v) is 2.79. The van der Waals surface area contributed by atoms with E-state index in [-0.39, 0.29) is 18.7 Å². The number of carboxylic acids is 1. The summed E-state index contributed by atoms with van der Waals surface area (Å²) in [5.41, 5.74) is 3.38. The molecule has 24 heavy (non-hydrogen) atoms. The Kier molecular flexibility index (Phi) is 7.59. The van der Waals surface area contributed by atoms with Crippen LogP contribution in [0.4, 0.5) is 0 Å². The minimum atomic E-state index is -2.00. The standard InChI is InChI=1S/C15H27N3O6/c1-9-13(17-10(2)19)11(20)8-15(24-9,14(22)23)18-12(21)6-4-3-5-7-16/h9,11,13,20H,3-8,16H2,1-2H3,(H,17,19)(H,18,21)(H,22,23)/t9-,11-,13-,15+/m0/s1. The van der Waals surface area contributed by atoms with Crippen LogP contribution in [-0.4, -0.2) is 58.5 Å². The van der Waals surface area contributed by atoms with Gasteiger partial charge in [0, 0.05) is 19.8 Å². The summed E-state index contributed by atoms with van der Waals surface area (Å²) in [5, 5.41) is 24.6. The first-order valence-corrected chi connectivity index (χ1v) is 8.09. The minimum absolute atomic E-state index is 0.151. The van der Waals surface area contributed by atoms with E-state index in [1.54, 1.807) is 0 Å². The van der Waals surface area contributed by atoms with Gasteiger partial charge >= 0.3 is 5.97 Å². The zero-order valence-electron chi connectivity index (χ0n) is 14.1. The number of unbranched alkanes of at least 4 members (excludes halogenated alkanes) is 2. The molecule has 1 fully saturated rings. The third kappa shape index (κ3) is 5.43. The van der Waals surface area contributed by atoms with Crippen molar-refractivity contribution < 1.29 is 29.3 Å². The van der Waals surface area contributed by atoms with Crippen LogP contribution in [0.15, 0.2) is 0 Å². The molecule has 9 heteroatoms. The summed E-state index contributed by atoms with van der Waals surface area (Å²) in [6.45, 7) is 3.37. The van der Waals surface area contributed by atoms with Crippen LogP contribution in [0.25, 0.3) is 0 Å². The number of rotatable bonds is 8. The molecule has 0 unspecified atom stereocenters. The maximum Gasteiger partial charge on any atom is 0.357 e. The lowest BCUT2D eigenvalue weighted by molar-refractivity contribution is -0.210. The van der Waals surface area contributed by atoms with Crippen molar-refractivity contribution in [2.24, 2.45) is 5.73 Å². The lowest BCUT2D eigenvalue weighted by Gasteiger charge is -2.44. The van der Waals surface area contributed by atoms with E-state index in [9.17, 15) is 24.6 Å². The number of nitrogens with one attached hydrogen (secondary N) is 2. The predicted octanol–water partition coefficient (Wildman–Crippen LogP) is -0.923. The van der Waals surface area contributed by atoms with Gasteiger partial charge in [0.15, 0.2) is 0 Å². The minimum Gasteiger partial charge on any atom is -0.478 e. The number of hydrogen-bond donors (Lipinski definition) is 5. The van der Waals surface area contributed by atoms with Crippen LogP contribution >= 0.6 is 0 Å². The highest BCUT2D eigenvalue weighted by Gasteiger charge is 2.51. The van der Waals surface area contributed by atoms with E-state index in [0.29, 0.717) is 13.0 Å². The Morgan fingerprint density at radius 3 is 2.46 bits per heavy atom.